The van der Waals surface area contributed by atoms with Crippen LogP contribution in [-0.4, -0.2) is 41.9 Å². The van der Waals surface area contributed by atoms with Crippen molar-refractivity contribution in [1.29, 1.82) is 0 Å². The number of fused-ring (bicyclic) bond motifs is 1. The number of hydrogen-bond acceptors (Lipinski definition) is 4. The fraction of sp³-hybridized carbons (Fsp3) is 0.368. The molecule has 1 saturated carbocycles. The molecular weight excluding hydrogens is 364 g/mol. The fourth-order valence-electron chi connectivity index (χ4n) is 3.75. The van der Waals surface area contributed by atoms with Crippen LogP contribution in [-0.2, 0) is 6.54 Å². The van der Waals surface area contributed by atoms with Gasteiger partial charge < -0.3 is 9.47 Å². The molecule has 3 aromatic rings. The predicted octanol–water partition coefficient (Wildman–Crippen LogP) is 3.21. The molecule has 0 radical (unpaired) electrons. The van der Waals surface area contributed by atoms with Crippen LogP contribution in [0.15, 0.2) is 36.7 Å². The molecule has 1 atom stereocenters. The fourth-order valence-corrected chi connectivity index (χ4v) is 3.95. The van der Waals surface area contributed by atoms with Gasteiger partial charge in [0.2, 0.25) is 0 Å². The van der Waals surface area contributed by atoms with Crippen molar-refractivity contribution in [2.75, 3.05) is 6.54 Å². The van der Waals surface area contributed by atoms with Gasteiger partial charge in [0.15, 0.2) is 5.82 Å². The van der Waals surface area contributed by atoms with Gasteiger partial charge in [-0.15, -0.1) is 10.2 Å². The van der Waals surface area contributed by atoms with E-state index in [1.165, 1.54) is 12.8 Å². The van der Waals surface area contributed by atoms with Gasteiger partial charge in [-0.25, -0.2) is 4.68 Å². The molecule has 2 aromatic heterocycles. The Labute approximate surface area is 161 Å². The summed E-state index contributed by atoms with van der Waals surface area (Å²) in [6, 6.07) is 7.37. The van der Waals surface area contributed by atoms with Crippen LogP contribution in [0.2, 0.25) is 5.02 Å². The van der Waals surface area contributed by atoms with Crippen LogP contribution in [0.3, 0.4) is 0 Å². The molecule has 0 unspecified atom stereocenters. The molecule has 3 heterocycles. The number of rotatable bonds is 3. The number of aromatic nitrogens is 5. The SMILES string of the molecule is C[C@H]1CN(C(=O)c2cc(-n3cccn3)ccc2Cl)Cc2nnc(C3CC3)n21. The maximum absolute atomic E-state index is 13.2. The predicted molar refractivity (Wildman–Crippen MR) is 100 cm³/mol. The molecule has 27 heavy (non-hydrogen) atoms. The third-order valence-electron chi connectivity index (χ3n) is 5.23. The van der Waals surface area contributed by atoms with E-state index in [9.17, 15) is 4.79 Å². The zero-order valence-corrected chi connectivity index (χ0v) is 15.7. The average Bonchev–Trinajstić information content (AvgIpc) is 3.18. The molecule has 1 amide bonds. The number of benzene rings is 1. The van der Waals surface area contributed by atoms with E-state index in [4.69, 9.17) is 11.6 Å². The lowest BCUT2D eigenvalue weighted by molar-refractivity contribution is 0.0680. The Morgan fingerprint density at radius 2 is 2.11 bits per heavy atom. The van der Waals surface area contributed by atoms with Crippen LogP contribution in [0.5, 0.6) is 0 Å². The second kappa shape index (κ2) is 6.20. The molecule has 138 valence electrons. The molecule has 0 N–H and O–H groups in total. The topological polar surface area (TPSA) is 68.8 Å². The van der Waals surface area contributed by atoms with E-state index in [-0.39, 0.29) is 11.9 Å². The number of hydrogen-bond donors (Lipinski definition) is 0. The van der Waals surface area contributed by atoms with Crippen molar-refractivity contribution in [2.45, 2.75) is 38.3 Å². The number of carbonyl (C=O) groups is 1. The minimum absolute atomic E-state index is 0.0944. The zero-order valence-electron chi connectivity index (χ0n) is 14.9. The van der Waals surface area contributed by atoms with E-state index in [2.05, 4.69) is 26.8 Å². The summed E-state index contributed by atoms with van der Waals surface area (Å²) in [6.07, 6.45) is 5.90. The van der Waals surface area contributed by atoms with E-state index in [1.807, 2.05) is 18.3 Å². The molecule has 1 aliphatic carbocycles. The van der Waals surface area contributed by atoms with Crippen LogP contribution in [0, 0.1) is 0 Å². The third-order valence-corrected chi connectivity index (χ3v) is 5.56. The summed E-state index contributed by atoms with van der Waals surface area (Å²) in [6.45, 7) is 3.18. The number of amides is 1. The summed E-state index contributed by atoms with van der Waals surface area (Å²) in [5.41, 5.74) is 1.28. The summed E-state index contributed by atoms with van der Waals surface area (Å²) in [4.78, 5) is 15.0. The Morgan fingerprint density at radius 1 is 1.26 bits per heavy atom. The van der Waals surface area contributed by atoms with E-state index in [1.54, 1.807) is 27.9 Å². The monoisotopic (exact) mass is 382 g/mol. The van der Waals surface area contributed by atoms with E-state index >= 15 is 0 Å². The molecule has 1 aliphatic heterocycles. The van der Waals surface area contributed by atoms with Crippen molar-refractivity contribution in [3.8, 4) is 5.69 Å². The minimum Gasteiger partial charge on any atom is -0.329 e. The lowest BCUT2D eigenvalue weighted by atomic mass is 10.1. The lowest BCUT2D eigenvalue weighted by Crippen LogP contribution is -2.41. The van der Waals surface area contributed by atoms with Gasteiger partial charge in [-0.1, -0.05) is 11.6 Å². The number of halogens is 1. The van der Waals surface area contributed by atoms with Gasteiger partial charge in [0, 0.05) is 24.9 Å². The van der Waals surface area contributed by atoms with E-state index in [0.29, 0.717) is 29.6 Å². The molecule has 5 rings (SSSR count). The first kappa shape index (κ1) is 16.5. The smallest absolute Gasteiger partial charge is 0.255 e. The van der Waals surface area contributed by atoms with Crippen molar-refractivity contribution in [3.05, 3.63) is 58.9 Å². The number of nitrogens with zero attached hydrogens (tertiary/aromatic N) is 6. The minimum atomic E-state index is -0.0944. The summed E-state index contributed by atoms with van der Waals surface area (Å²) >= 11 is 6.35. The molecule has 7 nitrogen and oxygen atoms in total. The highest BCUT2D eigenvalue weighted by Crippen LogP contribution is 2.41. The summed E-state index contributed by atoms with van der Waals surface area (Å²) in [5, 5.41) is 13.4. The Hall–Kier alpha value is -2.67. The molecule has 1 aromatic carbocycles. The first-order valence-electron chi connectivity index (χ1n) is 9.14. The molecule has 2 aliphatic rings. The Kier molecular flexibility index (Phi) is 3.79. The van der Waals surface area contributed by atoms with Gasteiger partial charge in [0.1, 0.15) is 5.82 Å². The molecular formula is C19H19ClN6O. The van der Waals surface area contributed by atoms with Crippen molar-refractivity contribution in [3.63, 3.8) is 0 Å². The van der Waals surface area contributed by atoms with Crippen LogP contribution in [0.25, 0.3) is 5.69 Å². The Morgan fingerprint density at radius 3 is 2.85 bits per heavy atom. The Bertz CT molecular complexity index is 1010. The molecule has 0 saturated heterocycles. The first-order valence-corrected chi connectivity index (χ1v) is 9.52. The Balaban J connectivity index is 1.45. The first-order chi connectivity index (χ1) is 13.1. The summed E-state index contributed by atoms with van der Waals surface area (Å²) < 4.78 is 3.92. The standard InChI is InChI=1S/C19H19ClN6O/c1-12-10-24(11-17-22-23-18(26(12)17)13-3-4-13)19(27)15-9-14(5-6-16(15)20)25-8-2-7-21-25/h2,5-9,12-13H,3-4,10-11H2,1H3/t12-/m0/s1. The van der Waals surface area contributed by atoms with Gasteiger partial charge in [-0.3, -0.25) is 4.79 Å². The van der Waals surface area contributed by atoms with Crippen molar-refractivity contribution < 1.29 is 4.79 Å². The van der Waals surface area contributed by atoms with Gasteiger partial charge in [-0.05, 0) is 44.0 Å². The second-order valence-corrected chi connectivity index (χ2v) is 7.68. The zero-order chi connectivity index (χ0) is 18.5. The highest BCUT2D eigenvalue weighted by Gasteiger charge is 2.36. The molecule has 8 heteroatoms. The van der Waals surface area contributed by atoms with E-state index < -0.39 is 0 Å². The second-order valence-electron chi connectivity index (χ2n) is 7.27. The van der Waals surface area contributed by atoms with Gasteiger partial charge in [0.05, 0.1) is 28.9 Å². The molecule has 1 fully saturated rings. The normalized spacial score (nSPS) is 19.2. The van der Waals surface area contributed by atoms with Crippen LogP contribution >= 0.6 is 11.6 Å². The largest absolute Gasteiger partial charge is 0.329 e. The van der Waals surface area contributed by atoms with E-state index in [0.717, 1.165) is 17.3 Å². The van der Waals surface area contributed by atoms with Gasteiger partial charge >= 0.3 is 0 Å². The van der Waals surface area contributed by atoms with Crippen molar-refractivity contribution in [1.82, 2.24) is 29.4 Å². The maximum Gasteiger partial charge on any atom is 0.255 e. The van der Waals surface area contributed by atoms with Crippen LogP contribution in [0.1, 0.15) is 53.7 Å². The van der Waals surface area contributed by atoms with Crippen LogP contribution < -0.4 is 0 Å². The molecule has 0 bridgehead atoms. The van der Waals surface area contributed by atoms with Crippen LogP contribution in [0.4, 0.5) is 0 Å². The third kappa shape index (κ3) is 2.82. The quantitative estimate of drug-likeness (QED) is 0.697. The maximum atomic E-state index is 13.2. The summed E-state index contributed by atoms with van der Waals surface area (Å²) in [7, 11) is 0. The van der Waals surface area contributed by atoms with Crippen molar-refractivity contribution in [2.24, 2.45) is 0 Å². The number of carbonyl (C=O) groups excluding carboxylic acids is 1. The molecule has 0 spiro atoms. The summed E-state index contributed by atoms with van der Waals surface area (Å²) in [5.74, 6) is 2.37. The lowest BCUT2D eigenvalue weighted by Gasteiger charge is -2.33. The highest BCUT2D eigenvalue weighted by atomic mass is 35.5. The average molecular weight is 383 g/mol. The van der Waals surface area contributed by atoms with Gasteiger partial charge in [-0.2, -0.15) is 5.10 Å². The van der Waals surface area contributed by atoms with Crippen molar-refractivity contribution >= 4 is 17.5 Å². The highest BCUT2D eigenvalue weighted by molar-refractivity contribution is 6.33. The van der Waals surface area contributed by atoms with Gasteiger partial charge in [0.25, 0.3) is 5.91 Å².